The Balaban J connectivity index is 0.00000288. The molecule has 0 bridgehead atoms. The summed E-state index contributed by atoms with van der Waals surface area (Å²) in [6.07, 6.45) is 0. The van der Waals surface area contributed by atoms with Gasteiger partial charge in [-0.15, -0.1) is 24.0 Å². The maximum Gasteiger partial charge on any atom is 0.219 e. The molecule has 0 aliphatic carbocycles. The molecule has 0 radical (unpaired) electrons. The fraction of sp³-hybridized carbons (Fsp3) is 0.562. The van der Waals surface area contributed by atoms with Crippen LogP contribution in [0.2, 0.25) is 0 Å². The van der Waals surface area contributed by atoms with E-state index in [1.807, 2.05) is 30.0 Å². The lowest BCUT2D eigenvalue weighted by atomic mass is 10.3. The smallest absolute Gasteiger partial charge is 0.219 e. The SMILES string of the molecule is CCNC(=NCc1cccc(OC)n1)N1CCN(C(C)=O)CC1.I. The van der Waals surface area contributed by atoms with Gasteiger partial charge in [0.15, 0.2) is 5.96 Å². The molecule has 1 N–H and O–H groups in total. The predicted octanol–water partition coefficient (Wildman–Crippen LogP) is 1.34. The maximum atomic E-state index is 11.4. The van der Waals surface area contributed by atoms with E-state index in [-0.39, 0.29) is 29.9 Å². The molecule has 8 heteroatoms. The number of aliphatic imine (C=N–C) groups is 1. The summed E-state index contributed by atoms with van der Waals surface area (Å²) < 4.78 is 5.14. The van der Waals surface area contributed by atoms with Gasteiger partial charge in [0.1, 0.15) is 0 Å². The summed E-state index contributed by atoms with van der Waals surface area (Å²) in [6.45, 7) is 8.00. The summed E-state index contributed by atoms with van der Waals surface area (Å²) in [7, 11) is 1.61. The largest absolute Gasteiger partial charge is 0.481 e. The second-order valence-electron chi connectivity index (χ2n) is 5.33. The van der Waals surface area contributed by atoms with E-state index in [9.17, 15) is 4.79 Å². The molecule has 2 rings (SSSR count). The topological polar surface area (TPSA) is 70.1 Å². The van der Waals surface area contributed by atoms with Crippen molar-refractivity contribution in [1.29, 1.82) is 0 Å². The van der Waals surface area contributed by atoms with E-state index >= 15 is 0 Å². The van der Waals surface area contributed by atoms with Crippen LogP contribution < -0.4 is 10.1 Å². The molecule has 0 saturated carbocycles. The monoisotopic (exact) mass is 447 g/mol. The molecule has 0 unspecified atom stereocenters. The highest BCUT2D eigenvalue weighted by molar-refractivity contribution is 14.0. The zero-order valence-corrected chi connectivity index (χ0v) is 16.8. The molecule has 2 heterocycles. The molecule has 134 valence electrons. The number of pyridine rings is 1. The summed E-state index contributed by atoms with van der Waals surface area (Å²) >= 11 is 0. The average Bonchev–Trinajstić information content (AvgIpc) is 2.59. The number of rotatable bonds is 4. The first-order valence-electron chi connectivity index (χ1n) is 7.92. The van der Waals surface area contributed by atoms with Crippen LogP contribution in [0.25, 0.3) is 0 Å². The number of aromatic nitrogens is 1. The van der Waals surface area contributed by atoms with Gasteiger partial charge in [-0.25, -0.2) is 9.98 Å². The Morgan fingerprint density at radius 2 is 1.96 bits per heavy atom. The van der Waals surface area contributed by atoms with Crippen LogP contribution in [0.5, 0.6) is 5.88 Å². The first-order chi connectivity index (χ1) is 11.1. The van der Waals surface area contributed by atoms with Crippen molar-refractivity contribution >= 4 is 35.8 Å². The summed E-state index contributed by atoms with van der Waals surface area (Å²) in [5.41, 5.74) is 0.863. The molecular formula is C16H26IN5O2. The third kappa shape index (κ3) is 5.81. The van der Waals surface area contributed by atoms with Gasteiger partial charge < -0.3 is 19.9 Å². The van der Waals surface area contributed by atoms with Gasteiger partial charge >= 0.3 is 0 Å². The number of methoxy groups -OCH3 is 1. The summed E-state index contributed by atoms with van der Waals surface area (Å²) in [4.78, 5) is 24.5. The zero-order valence-electron chi connectivity index (χ0n) is 14.5. The van der Waals surface area contributed by atoms with Crippen molar-refractivity contribution in [3.8, 4) is 5.88 Å². The molecule has 0 atom stereocenters. The standard InChI is InChI=1S/C16H25N5O2.HI/c1-4-17-16(21-10-8-20(9-11-21)13(2)22)18-12-14-6-5-7-15(19-14)23-3;/h5-7H,4,8-12H2,1-3H3,(H,17,18);1H. The van der Waals surface area contributed by atoms with E-state index in [1.54, 1.807) is 14.0 Å². The van der Waals surface area contributed by atoms with Crippen LogP contribution in [-0.2, 0) is 11.3 Å². The number of hydrogen-bond acceptors (Lipinski definition) is 4. The van der Waals surface area contributed by atoms with Crippen LogP contribution in [-0.4, -0.2) is 66.5 Å². The normalized spacial score (nSPS) is 14.9. The predicted molar refractivity (Wildman–Crippen MR) is 105 cm³/mol. The van der Waals surface area contributed by atoms with Crippen LogP contribution in [0.3, 0.4) is 0 Å². The van der Waals surface area contributed by atoms with Gasteiger partial charge in [0.25, 0.3) is 0 Å². The highest BCUT2D eigenvalue weighted by Crippen LogP contribution is 2.08. The highest BCUT2D eigenvalue weighted by atomic mass is 127. The Morgan fingerprint density at radius 3 is 2.54 bits per heavy atom. The van der Waals surface area contributed by atoms with Gasteiger partial charge in [0.05, 0.1) is 19.3 Å². The van der Waals surface area contributed by atoms with Crippen molar-refractivity contribution in [3.63, 3.8) is 0 Å². The van der Waals surface area contributed by atoms with E-state index in [2.05, 4.69) is 20.2 Å². The first-order valence-corrected chi connectivity index (χ1v) is 7.92. The van der Waals surface area contributed by atoms with Crippen LogP contribution in [0, 0.1) is 0 Å². The maximum absolute atomic E-state index is 11.4. The molecule has 1 amide bonds. The Kier molecular flexibility index (Phi) is 8.80. The van der Waals surface area contributed by atoms with Crippen LogP contribution >= 0.6 is 24.0 Å². The van der Waals surface area contributed by atoms with Gasteiger partial charge in [0, 0.05) is 45.7 Å². The van der Waals surface area contributed by atoms with Crippen molar-refractivity contribution in [2.24, 2.45) is 4.99 Å². The van der Waals surface area contributed by atoms with Gasteiger partial charge in [0.2, 0.25) is 11.8 Å². The van der Waals surface area contributed by atoms with E-state index in [0.29, 0.717) is 12.4 Å². The van der Waals surface area contributed by atoms with Gasteiger partial charge in [-0.05, 0) is 13.0 Å². The summed E-state index contributed by atoms with van der Waals surface area (Å²) in [6, 6.07) is 5.66. The number of carbonyl (C=O) groups excluding carboxylic acids is 1. The van der Waals surface area contributed by atoms with Crippen LogP contribution in [0.4, 0.5) is 0 Å². The highest BCUT2D eigenvalue weighted by Gasteiger charge is 2.20. The fourth-order valence-corrected chi connectivity index (χ4v) is 2.47. The molecule has 0 aromatic carbocycles. The van der Waals surface area contributed by atoms with Crippen molar-refractivity contribution < 1.29 is 9.53 Å². The van der Waals surface area contributed by atoms with Crippen molar-refractivity contribution in [1.82, 2.24) is 20.1 Å². The number of piperazine rings is 1. The lowest BCUT2D eigenvalue weighted by molar-refractivity contribution is -0.130. The quantitative estimate of drug-likeness (QED) is 0.429. The van der Waals surface area contributed by atoms with E-state index in [1.165, 1.54) is 0 Å². The molecule has 1 aliphatic rings. The number of ether oxygens (including phenoxy) is 1. The van der Waals surface area contributed by atoms with Crippen LogP contribution in [0.1, 0.15) is 19.5 Å². The van der Waals surface area contributed by atoms with Crippen molar-refractivity contribution in [3.05, 3.63) is 23.9 Å². The second kappa shape index (κ2) is 10.3. The number of nitrogens with one attached hydrogen (secondary N) is 1. The molecule has 1 fully saturated rings. The zero-order chi connectivity index (χ0) is 16.7. The third-order valence-electron chi connectivity index (χ3n) is 3.74. The molecule has 1 saturated heterocycles. The number of guanidine groups is 1. The number of hydrogen-bond donors (Lipinski definition) is 1. The Hall–Kier alpha value is -1.58. The number of carbonyl (C=O) groups is 1. The first kappa shape index (κ1) is 20.5. The average molecular weight is 447 g/mol. The van der Waals surface area contributed by atoms with Crippen LogP contribution in [0.15, 0.2) is 23.2 Å². The summed E-state index contributed by atoms with van der Waals surface area (Å²) in [5, 5.41) is 3.31. The molecule has 1 aromatic rings. The number of nitrogens with zero attached hydrogens (tertiary/aromatic N) is 4. The minimum atomic E-state index is 0. The summed E-state index contributed by atoms with van der Waals surface area (Å²) in [5.74, 6) is 1.59. The molecule has 1 aromatic heterocycles. The van der Waals surface area contributed by atoms with Crippen molar-refractivity contribution in [2.45, 2.75) is 20.4 Å². The third-order valence-corrected chi connectivity index (χ3v) is 3.74. The van der Waals surface area contributed by atoms with Gasteiger partial charge in [-0.2, -0.15) is 0 Å². The number of amides is 1. The molecular weight excluding hydrogens is 421 g/mol. The van der Waals surface area contributed by atoms with E-state index in [4.69, 9.17) is 4.74 Å². The molecule has 0 spiro atoms. The molecule has 7 nitrogen and oxygen atoms in total. The minimum absolute atomic E-state index is 0. The molecule has 1 aliphatic heterocycles. The minimum Gasteiger partial charge on any atom is -0.481 e. The lowest BCUT2D eigenvalue weighted by Gasteiger charge is -2.36. The van der Waals surface area contributed by atoms with E-state index in [0.717, 1.165) is 44.4 Å². The van der Waals surface area contributed by atoms with E-state index < -0.39 is 0 Å². The van der Waals surface area contributed by atoms with Crippen molar-refractivity contribution in [2.75, 3.05) is 39.8 Å². The Labute approximate surface area is 160 Å². The second-order valence-corrected chi connectivity index (χ2v) is 5.33. The fourth-order valence-electron chi connectivity index (χ4n) is 2.47. The lowest BCUT2D eigenvalue weighted by Crippen LogP contribution is -2.53. The molecule has 24 heavy (non-hydrogen) atoms. The number of halogens is 1. The van der Waals surface area contributed by atoms with Gasteiger partial charge in [-0.3, -0.25) is 4.79 Å². The Bertz CT molecular complexity index is 559. The van der Waals surface area contributed by atoms with Gasteiger partial charge in [-0.1, -0.05) is 6.07 Å². The Morgan fingerprint density at radius 1 is 1.29 bits per heavy atom.